The highest BCUT2D eigenvalue weighted by Crippen LogP contribution is 2.19. The average Bonchev–Trinajstić information content (AvgIpc) is 2.27. The van der Waals surface area contributed by atoms with E-state index in [1.807, 2.05) is 0 Å². The summed E-state index contributed by atoms with van der Waals surface area (Å²) < 4.78 is 5.25. The van der Waals surface area contributed by atoms with Crippen molar-refractivity contribution in [1.82, 2.24) is 0 Å². The van der Waals surface area contributed by atoms with Crippen LogP contribution in [0, 0.1) is 13.8 Å². The van der Waals surface area contributed by atoms with Gasteiger partial charge in [-0.15, -0.1) is 0 Å². The molecule has 90 valence electrons. The quantitative estimate of drug-likeness (QED) is 0.746. The Morgan fingerprint density at radius 3 is 2.69 bits per heavy atom. The van der Waals surface area contributed by atoms with Crippen LogP contribution in [0.5, 0.6) is 0 Å². The highest BCUT2D eigenvalue weighted by atomic mass is 16.5. The predicted octanol–water partition coefficient (Wildman–Crippen LogP) is 1.75. The molecule has 0 unspecified atom stereocenters. The molecule has 1 rings (SSSR count). The maximum absolute atomic E-state index is 8.59. The number of likely N-dealkylation sites (N-methyl/N-ethyl adjacent to an activating group) is 1. The summed E-state index contributed by atoms with van der Waals surface area (Å²) in [4.78, 5) is 2.18. The predicted molar refractivity (Wildman–Crippen MR) is 67.1 cm³/mol. The lowest BCUT2D eigenvalue weighted by atomic mass is 10.1. The van der Waals surface area contributed by atoms with Gasteiger partial charge in [0.05, 0.1) is 19.8 Å². The van der Waals surface area contributed by atoms with Gasteiger partial charge in [-0.05, 0) is 31.0 Å². The Kier molecular flexibility index (Phi) is 5.29. The number of benzene rings is 1. The average molecular weight is 223 g/mol. The molecule has 0 aliphatic rings. The fourth-order valence-corrected chi connectivity index (χ4v) is 1.62. The zero-order chi connectivity index (χ0) is 12.0. The van der Waals surface area contributed by atoms with Crippen molar-refractivity contribution < 1.29 is 9.84 Å². The summed E-state index contributed by atoms with van der Waals surface area (Å²) in [6, 6.07) is 6.44. The smallest absolute Gasteiger partial charge is 0.0698 e. The maximum Gasteiger partial charge on any atom is 0.0698 e. The molecular formula is C13H21NO2. The van der Waals surface area contributed by atoms with Crippen LogP contribution in [0.1, 0.15) is 11.1 Å². The number of hydrogen-bond donors (Lipinski definition) is 1. The van der Waals surface area contributed by atoms with Crippen molar-refractivity contribution in [3.63, 3.8) is 0 Å². The second-order valence-electron chi connectivity index (χ2n) is 4.05. The van der Waals surface area contributed by atoms with Gasteiger partial charge < -0.3 is 14.7 Å². The zero-order valence-corrected chi connectivity index (χ0v) is 10.4. The second kappa shape index (κ2) is 6.51. The minimum Gasteiger partial charge on any atom is -0.394 e. The van der Waals surface area contributed by atoms with Crippen molar-refractivity contribution in [1.29, 1.82) is 0 Å². The van der Waals surface area contributed by atoms with Crippen LogP contribution in [0.15, 0.2) is 18.2 Å². The van der Waals surface area contributed by atoms with E-state index in [1.54, 1.807) is 0 Å². The Morgan fingerprint density at radius 2 is 2.00 bits per heavy atom. The molecule has 3 nitrogen and oxygen atoms in total. The lowest BCUT2D eigenvalue weighted by molar-refractivity contribution is 0.0971. The van der Waals surface area contributed by atoms with Crippen molar-refractivity contribution in [2.45, 2.75) is 13.8 Å². The molecule has 0 bridgehead atoms. The van der Waals surface area contributed by atoms with E-state index in [0.717, 1.165) is 6.54 Å². The fourth-order valence-electron chi connectivity index (χ4n) is 1.62. The van der Waals surface area contributed by atoms with Crippen molar-refractivity contribution in [2.75, 3.05) is 38.3 Å². The largest absolute Gasteiger partial charge is 0.394 e. The normalized spacial score (nSPS) is 10.5. The van der Waals surface area contributed by atoms with E-state index in [-0.39, 0.29) is 6.61 Å². The van der Waals surface area contributed by atoms with Gasteiger partial charge >= 0.3 is 0 Å². The Hall–Kier alpha value is -1.06. The van der Waals surface area contributed by atoms with Gasteiger partial charge in [0.25, 0.3) is 0 Å². The SMILES string of the molecule is Cc1ccc(C)c(N(C)CCOCCO)c1. The molecule has 3 heteroatoms. The van der Waals surface area contributed by atoms with Crippen LogP contribution in [0.25, 0.3) is 0 Å². The Morgan fingerprint density at radius 1 is 1.25 bits per heavy atom. The summed E-state index contributed by atoms with van der Waals surface area (Å²) in [7, 11) is 2.06. The number of nitrogens with zero attached hydrogens (tertiary/aromatic N) is 1. The Bertz CT molecular complexity index is 326. The minimum atomic E-state index is 0.0905. The molecule has 0 fully saturated rings. The van der Waals surface area contributed by atoms with Gasteiger partial charge in [-0.25, -0.2) is 0 Å². The molecule has 0 saturated carbocycles. The Balaban J connectivity index is 2.51. The molecule has 0 heterocycles. The van der Waals surface area contributed by atoms with Crippen LogP contribution in [-0.4, -0.2) is 38.5 Å². The molecule has 1 N–H and O–H groups in total. The van der Waals surface area contributed by atoms with E-state index in [1.165, 1.54) is 16.8 Å². The monoisotopic (exact) mass is 223 g/mol. The van der Waals surface area contributed by atoms with Gasteiger partial charge in [-0.1, -0.05) is 12.1 Å². The summed E-state index contributed by atoms with van der Waals surface area (Å²) >= 11 is 0. The van der Waals surface area contributed by atoms with Gasteiger partial charge in [-0.3, -0.25) is 0 Å². The number of rotatable bonds is 6. The van der Waals surface area contributed by atoms with Crippen LogP contribution >= 0.6 is 0 Å². The molecule has 1 aromatic rings. The summed E-state index contributed by atoms with van der Waals surface area (Å²) in [6.07, 6.45) is 0. The van der Waals surface area contributed by atoms with Crippen molar-refractivity contribution in [2.24, 2.45) is 0 Å². The third-order valence-corrected chi connectivity index (χ3v) is 2.58. The third kappa shape index (κ3) is 3.83. The van der Waals surface area contributed by atoms with Crippen molar-refractivity contribution in [3.05, 3.63) is 29.3 Å². The molecule has 0 aromatic heterocycles. The first-order valence-electron chi connectivity index (χ1n) is 5.62. The first kappa shape index (κ1) is 13.0. The van der Waals surface area contributed by atoms with Gasteiger partial charge in [0, 0.05) is 19.3 Å². The van der Waals surface area contributed by atoms with E-state index in [9.17, 15) is 0 Å². The summed E-state index contributed by atoms with van der Waals surface area (Å²) in [6.45, 7) is 6.20. The van der Waals surface area contributed by atoms with E-state index < -0.39 is 0 Å². The van der Waals surface area contributed by atoms with E-state index >= 15 is 0 Å². The maximum atomic E-state index is 8.59. The molecule has 0 radical (unpaired) electrons. The van der Waals surface area contributed by atoms with E-state index in [0.29, 0.717) is 13.2 Å². The number of aliphatic hydroxyl groups excluding tert-OH is 1. The van der Waals surface area contributed by atoms with Crippen molar-refractivity contribution in [3.8, 4) is 0 Å². The van der Waals surface area contributed by atoms with E-state index in [2.05, 4.69) is 44.0 Å². The first-order chi connectivity index (χ1) is 7.65. The molecule has 0 spiro atoms. The molecule has 16 heavy (non-hydrogen) atoms. The summed E-state index contributed by atoms with van der Waals surface area (Å²) in [5.74, 6) is 0. The van der Waals surface area contributed by atoms with Crippen LogP contribution in [0.2, 0.25) is 0 Å². The molecule has 0 aliphatic carbocycles. The number of hydrogen-bond acceptors (Lipinski definition) is 3. The van der Waals surface area contributed by atoms with Crippen molar-refractivity contribution >= 4 is 5.69 Å². The number of aryl methyl sites for hydroxylation is 2. The molecular weight excluding hydrogens is 202 g/mol. The topological polar surface area (TPSA) is 32.7 Å². The number of aliphatic hydroxyl groups is 1. The standard InChI is InChI=1S/C13H21NO2/c1-11-4-5-12(2)13(10-11)14(3)6-8-16-9-7-15/h4-5,10,15H,6-9H2,1-3H3. The summed E-state index contributed by atoms with van der Waals surface area (Å²) in [5, 5.41) is 8.59. The third-order valence-electron chi connectivity index (χ3n) is 2.58. The molecule has 0 amide bonds. The molecule has 0 aliphatic heterocycles. The lowest BCUT2D eigenvalue weighted by Crippen LogP contribution is -2.23. The second-order valence-corrected chi connectivity index (χ2v) is 4.05. The van der Waals surface area contributed by atoms with Gasteiger partial charge in [0.15, 0.2) is 0 Å². The molecule has 0 atom stereocenters. The highest BCUT2D eigenvalue weighted by molar-refractivity contribution is 5.54. The van der Waals surface area contributed by atoms with Crippen LogP contribution in [-0.2, 0) is 4.74 Å². The molecule has 0 saturated heterocycles. The van der Waals surface area contributed by atoms with E-state index in [4.69, 9.17) is 9.84 Å². The number of ether oxygens (including phenoxy) is 1. The highest BCUT2D eigenvalue weighted by Gasteiger charge is 2.04. The first-order valence-corrected chi connectivity index (χ1v) is 5.62. The van der Waals surface area contributed by atoms with Gasteiger partial charge in [0.2, 0.25) is 0 Å². The molecule has 1 aromatic carbocycles. The Labute approximate surface area is 97.7 Å². The van der Waals surface area contributed by atoms with Crippen LogP contribution in [0.4, 0.5) is 5.69 Å². The summed E-state index contributed by atoms with van der Waals surface area (Å²) in [5.41, 5.74) is 3.78. The zero-order valence-electron chi connectivity index (χ0n) is 10.4. The van der Waals surface area contributed by atoms with Crippen LogP contribution < -0.4 is 4.90 Å². The number of anilines is 1. The fraction of sp³-hybridized carbons (Fsp3) is 0.538. The van der Waals surface area contributed by atoms with Gasteiger partial charge in [0.1, 0.15) is 0 Å². The minimum absolute atomic E-state index is 0.0905. The lowest BCUT2D eigenvalue weighted by Gasteiger charge is -2.21. The van der Waals surface area contributed by atoms with Gasteiger partial charge in [-0.2, -0.15) is 0 Å². The van der Waals surface area contributed by atoms with Crippen LogP contribution in [0.3, 0.4) is 0 Å².